The van der Waals surface area contributed by atoms with Crippen molar-refractivity contribution in [3.8, 4) is 11.6 Å². The number of pyridine rings is 1. The van der Waals surface area contributed by atoms with Crippen LogP contribution < -0.4 is 10.1 Å². The predicted molar refractivity (Wildman–Crippen MR) is 91.0 cm³/mol. The minimum Gasteiger partial charge on any atom is -0.445 e. The third kappa shape index (κ3) is 6.44. The van der Waals surface area contributed by atoms with Crippen molar-refractivity contribution < 1.29 is 27.4 Å². The van der Waals surface area contributed by atoms with E-state index in [2.05, 4.69) is 15.0 Å². The average Bonchev–Trinajstić information content (AvgIpc) is 2.54. The number of nitrogens with zero attached hydrogens (tertiary/aromatic N) is 1. The summed E-state index contributed by atoms with van der Waals surface area (Å²) in [7, 11) is 0. The van der Waals surface area contributed by atoms with Gasteiger partial charge in [-0.2, -0.15) is 13.2 Å². The zero-order chi connectivity index (χ0) is 19.4. The van der Waals surface area contributed by atoms with Crippen molar-refractivity contribution in [2.24, 2.45) is 0 Å². The van der Waals surface area contributed by atoms with Crippen LogP contribution in [0.25, 0.3) is 0 Å². The number of rotatable bonds is 4. The van der Waals surface area contributed by atoms with Gasteiger partial charge >= 0.3 is 12.3 Å². The van der Waals surface area contributed by atoms with Gasteiger partial charge in [-0.1, -0.05) is 53.0 Å². The maximum absolute atomic E-state index is 12.9. The first-order chi connectivity index (χ1) is 12.0. The summed E-state index contributed by atoms with van der Waals surface area (Å²) in [5, 5.41) is 2.09. The lowest BCUT2D eigenvalue weighted by atomic mass is 10.2. The van der Waals surface area contributed by atoms with Gasteiger partial charge in [-0.25, -0.2) is 9.78 Å². The number of nitrogens with one attached hydrogen (secondary N) is 1. The number of hydrogen-bond donors (Lipinski definition) is 1. The fourth-order valence-corrected chi connectivity index (χ4v) is 1.84. The fourth-order valence-electron chi connectivity index (χ4n) is 1.67. The molecule has 1 heterocycles. The van der Waals surface area contributed by atoms with E-state index in [1.54, 1.807) is 30.3 Å². The summed E-state index contributed by atoms with van der Waals surface area (Å²) in [6.07, 6.45) is -5.23. The molecule has 140 valence electrons. The highest BCUT2D eigenvalue weighted by Crippen LogP contribution is 2.35. The van der Waals surface area contributed by atoms with Crippen LogP contribution in [0.3, 0.4) is 0 Å². The molecule has 1 amide bonds. The maximum atomic E-state index is 12.9. The van der Waals surface area contributed by atoms with Crippen LogP contribution in [0.2, 0.25) is 0 Å². The second-order valence-corrected chi connectivity index (χ2v) is 7.32. The van der Waals surface area contributed by atoms with Crippen LogP contribution in [-0.4, -0.2) is 21.5 Å². The van der Waals surface area contributed by atoms with Gasteiger partial charge in [-0.05, 0) is 18.2 Å². The summed E-state index contributed by atoms with van der Waals surface area (Å²) in [4.78, 5) is 15.4. The molecular formula is C15H10Cl3F3N2O3. The van der Waals surface area contributed by atoms with E-state index in [4.69, 9.17) is 39.5 Å². The lowest BCUT2D eigenvalue weighted by molar-refractivity contribution is -0.137. The molecule has 5 nitrogen and oxygen atoms in total. The van der Waals surface area contributed by atoms with Gasteiger partial charge in [-0.15, -0.1) is 0 Å². The van der Waals surface area contributed by atoms with Gasteiger partial charge in [0.2, 0.25) is 9.67 Å². The Bertz CT molecular complexity index is 768. The number of ether oxygens (including phenoxy) is 2. The lowest BCUT2D eigenvalue weighted by Gasteiger charge is -2.15. The van der Waals surface area contributed by atoms with Gasteiger partial charge in [0.05, 0.1) is 5.56 Å². The second kappa shape index (κ2) is 8.20. The van der Waals surface area contributed by atoms with E-state index < -0.39 is 28.2 Å². The molecule has 11 heteroatoms. The van der Waals surface area contributed by atoms with Gasteiger partial charge in [-0.3, -0.25) is 5.32 Å². The minimum absolute atomic E-state index is 0.268. The van der Waals surface area contributed by atoms with Crippen LogP contribution in [0.4, 0.5) is 23.7 Å². The van der Waals surface area contributed by atoms with Crippen molar-refractivity contribution in [2.75, 3.05) is 11.9 Å². The van der Waals surface area contributed by atoms with Crippen molar-refractivity contribution in [2.45, 2.75) is 9.97 Å². The smallest absolute Gasteiger partial charge is 0.417 e. The summed E-state index contributed by atoms with van der Waals surface area (Å²) in [5.74, 6) is 0.0347. The topological polar surface area (TPSA) is 60.5 Å². The molecule has 0 fully saturated rings. The van der Waals surface area contributed by atoms with Crippen LogP contribution in [0, 0.1) is 0 Å². The highest BCUT2D eigenvalue weighted by Gasteiger charge is 2.32. The highest BCUT2D eigenvalue weighted by atomic mass is 35.6. The molecule has 0 bridgehead atoms. The van der Waals surface area contributed by atoms with Crippen molar-refractivity contribution in [3.63, 3.8) is 0 Å². The minimum atomic E-state index is -4.67. The van der Waals surface area contributed by atoms with Crippen LogP contribution in [0.5, 0.6) is 11.6 Å². The van der Waals surface area contributed by atoms with Crippen molar-refractivity contribution >= 4 is 46.6 Å². The fraction of sp³-hybridized carbons (Fsp3) is 0.200. The summed E-state index contributed by atoms with van der Waals surface area (Å²) in [6.45, 7) is -0.606. The normalized spacial score (nSPS) is 11.8. The van der Waals surface area contributed by atoms with Gasteiger partial charge < -0.3 is 9.47 Å². The standard InChI is InChI=1S/C15H10Cl3F3N2O3/c16-14(17,18)8-25-13(24)23-11-6-9(15(19,20)21)7-22-12(11)26-10-4-2-1-3-5-10/h1-7H,8H2,(H,23,24). The molecule has 2 aromatic rings. The number of halogens is 6. The monoisotopic (exact) mass is 428 g/mol. The molecule has 2 rings (SSSR count). The molecule has 0 aliphatic heterocycles. The number of hydrogen-bond acceptors (Lipinski definition) is 4. The number of carbonyl (C=O) groups is 1. The molecule has 1 aromatic heterocycles. The summed E-state index contributed by atoms with van der Waals surface area (Å²) in [5.41, 5.74) is -1.45. The predicted octanol–water partition coefficient (Wildman–Crippen LogP) is 5.81. The Balaban J connectivity index is 2.25. The molecule has 1 N–H and O–H groups in total. The van der Waals surface area contributed by atoms with E-state index in [-0.39, 0.29) is 11.6 Å². The van der Waals surface area contributed by atoms with Crippen molar-refractivity contribution in [3.05, 3.63) is 48.2 Å². The zero-order valence-corrected chi connectivity index (χ0v) is 15.0. The Morgan fingerprint density at radius 1 is 1.15 bits per heavy atom. The summed E-state index contributed by atoms with van der Waals surface area (Å²) < 4.78 is 46.8. The number of aromatic nitrogens is 1. The summed E-state index contributed by atoms with van der Waals surface area (Å²) >= 11 is 16.3. The second-order valence-electron chi connectivity index (χ2n) is 4.81. The molecule has 0 radical (unpaired) electrons. The van der Waals surface area contributed by atoms with Crippen molar-refractivity contribution in [1.82, 2.24) is 4.98 Å². The van der Waals surface area contributed by atoms with Crippen LogP contribution in [-0.2, 0) is 10.9 Å². The maximum Gasteiger partial charge on any atom is 0.417 e. The van der Waals surface area contributed by atoms with Gasteiger partial charge in [0.25, 0.3) is 0 Å². The molecule has 0 atom stereocenters. The summed E-state index contributed by atoms with van der Waals surface area (Å²) in [6, 6.07) is 8.81. The van der Waals surface area contributed by atoms with E-state index >= 15 is 0 Å². The van der Waals surface area contributed by atoms with Crippen molar-refractivity contribution in [1.29, 1.82) is 0 Å². The Morgan fingerprint density at radius 3 is 2.38 bits per heavy atom. The SMILES string of the molecule is O=C(Nc1cc(C(F)(F)F)cnc1Oc1ccccc1)OCC(Cl)(Cl)Cl. The Kier molecular flexibility index (Phi) is 6.44. The molecule has 0 spiro atoms. The zero-order valence-electron chi connectivity index (χ0n) is 12.7. The third-order valence-corrected chi connectivity index (χ3v) is 3.07. The highest BCUT2D eigenvalue weighted by molar-refractivity contribution is 6.67. The van der Waals surface area contributed by atoms with Gasteiger partial charge in [0.15, 0.2) is 0 Å². The van der Waals surface area contributed by atoms with Crippen LogP contribution in [0.1, 0.15) is 5.56 Å². The van der Waals surface area contributed by atoms with E-state index in [1.165, 1.54) is 0 Å². The lowest BCUT2D eigenvalue weighted by Crippen LogP contribution is -2.22. The molecule has 0 saturated carbocycles. The number of anilines is 1. The molecule has 0 aliphatic rings. The van der Waals surface area contributed by atoms with Gasteiger partial charge in [0.1, 0.15) is 18.0 Å². The van der Waals surface area contributed by atoms with Crippen LogP contribution in [0.15, 0.2) is 42.6 Å². The number of alkyl halides is 6. The average molecular weight is 430 g/mol. The Morgan fingerprint density at radius 2 is 1.81 bits per heavy atom. The Hall–Kier alpha value is -1.90. The van der Waals surface area contributed by atoms with E-state index in [9.17, 15) is 18.0 Å². The first-order valence-corrected chi connectivity index (χ1v) is 7.99. The van der Waals surface area contributed by atoms with E-state index in [0.717, 1.165) is 0 Å². The Labute approximate surface area is 161 Å². The van der Waals surface area contributed by atoms with E-state index in [0.29, 0.717) is 18.0 Å². The van der Waals surface area contributed by atoms with Gasteiger partial charge in [0, 0.05) is 6.20 Å². The molecule has 26 heavy (non-hydrogen) atoms. The molecule has 0 aliphatic carbocycles. The molecule has 1 aromatic carbocycles. The molecule has 0 unspecified atom stereocenters. The third-order valence-electron chi connectivity index (χ3n) is 2.74. The first kappa shape index (κ1) is 20.4. The number of para-hydroxylation sites is 1. The van der Waals surface area contributed by atoms with Crippen LogP contribution >= 0.6 is 34.8 Å². The first-order valence-electron chi connectivity index (χ1n) is 6.85. The largest absolute Gasteiger partial charge is 0.445 e. The number of benzene rings is 1. The quantitative estimate of drug-likeness (QED) is 0.623. The molecular weight excluding hydrogens is 420 g/mol. The number of amides is 1. The number of carbonyl (C=O) groups excluding carboxylic acids is 1. The van der Waals surface area contributed by atoms with E-state index in [1.807, 2.05) is 0 Å². The molecule has 0 saturated heterocycles.